The Hall–Kier alpha value is -1.83. The van der Waals surface area contributed by atoms with E-state index in [9.17, 15) is 14.4 Å². The number of urea groups is 1. The van der Waals surface area contributed by atoms with Crippen LogP contribution in [0.5, 0.6) is 0 Å². The van der Waals surface area contributed by atoms with Gasteiger partial charge in [0.15, 0.2) is 0 Å². The van der Waals surface area contributed by atoms with Crippen molar-refractivity contribution in [1.29, 1.82) is 0 Å². The molecule has 0 aromatic carbocycles. The Morgan fingerprint density at radius 2 is 2.16 bits per heavy atom. The summed E-state index contributed by atoms with van der Waals surface area (Å²) in [6.07, 6.45) is 1.28. The van der Waals surface area contributed by atoms with Crippen molar-refractivity contribution < 1.29 is 24.2 Å². The van der Waals surface area contributed by atoms with Crippen molar-refractivity contribution in [1.82, 2.24) is 10.2 Å². The van der Waals surface area contributed by atoms with E-state index in [-0.39, 0.29) is 32.3 Å². The van der Waals surface area contributed by atoms with Gasteiger partial charge in [-0.05, 0) is 12.8 Å². The lowest BCUT2D eigenvalue weighted by molar-refractivity contribution is -0.143. The van der Waals surface area contributed by atoms with Gasteiger partial charge in [-0.1, -0.05) is 0 Å². The van der Waals surface area contributed by atoms with Crippen LogP contribution in [-0.4, -0.2) is 60.8 Å². The summed E-state index contributed by atoms with van der Waals surface area (Å²) in [4.78, 5) is 34.5. The molecule has 1 aliphatic heterocycles. The molecule has 1 heterocycles. The summed E-state index contributed by atoms with van der Waals surface area (Å²) in [7, 11) is 0. The van der Waals surface area contributed by atoms with E-state index in [0.29, 0.717) is 19.4 Å². The Labute approximate surface area is 110 Å². The molecule has 1 fully saturated rings. The molecule has 19 heavy (non-hydrogen) atoms. The van der Waals surface area contributed by atoms with Crippen molar-refractivity contribution in [2.45, 2.75) is 12.8 Å². The number of hydrogen-bond acceptors (Lipinski definition) is 4. The van der Waals surface area contributed by atoms with E-state index >= 15 is 0 Å². The average Bonchev–Trinajstić information content (AvgIpc) is 2.37. The summed E-state index contributed by atoms with van der Waals surface area (Å²) in [5, 5.41) is 11.5. The third-order valence-electron chi connectivity index (χ3n) is 2.82. The van der Waals surface area contributed by atoms with Gasteiger partial charge in [0, 0.05) is 19.6 Å². The van der Waals surface area contributed by atoms with Crippen LogP contribution in [0.1, 0.15) is 12.8 Å². The number of nitrogens with zero attached hydrogens (tertiary/aromatic N) is 1. The van der Waals surface area contributed by atoms with Crippen molar-refractivity contribution >= 4 is 17.9 Å². The zero-order valence-corrected chi connectivity index (χ0v) is 10.6. The first-order valence-electron chi connectivity index (χ1n) is 6.12. The number of nitrogens with one attached hydrogen (secondary N) is 1. The van der Waals surface area contributed by atoms with Gasteiger partial charge < -0.3 is 25.8 Å². The van der Waals surface area contributed by atoms with Crippen molar-refractivity contribution in [3.63, 3.8) is 0 Å². The number of aliphatic carboxylic acids is 1. The quantitative estimate of drug-likeness (QED) is 0.535. The van der Waals surface area contributed by atoms with Gasteiger partial charge in [0.25, 0.3) is 0 Å². The molecule has 0 aromatic heterocycles. The van der Waals surface area contributed by atoms with Crippen LogP contribution in [0.2, 0.25) is 0 Å². The largest absolute Gasteiger partial charge is 0.481 e. The number of hydrogen-bond donors (Lipinski definition) is 3. The molecular weight excluding hydrogens is 254 g/mol. The third-order valence-corrected chi connectivity index (χ3v) is 2.82. The Morgan fingerprint density at radius 3 is 2.79 bits per heavy atom. The summed E-state index contributed by atoms with van der Waals surface area (Å²) in [6, 6.07) is -0.311. The van der Waals surface area contributed by atoms with Crippen LogP contribution in [-0.2, 0) is 14.3 Å². The molecule has 0 aliphatic carbocycles. The predicted molar refractivity (Wildman–Crippen MR) is 65.3 cm³/mol. The van der Waals surface area contributed by atoms with Gasteiger partial charge in [-0.25, -0.2) is 4.79 Å². The van der Waals surface area contributed by atoms with Gasteiger partial charge in [0.2, 0.25) is 5.91 Å². The smallest absolute Gasteiger partial charge is 0.317 e. The highest BCUT2D eigenvalue weighted by Gasteiger charge is 2.27. The van der Waals surface area contributed by atoms with E-state index in [0.717, 1.165) is 0 Å². The minimum absolute atomic E-state index is 0.180. The molecule has 1 saturated heterocycles. The minimum atomic E-state index is -0.873. The summed E-state index contributed by atoms with van der Waals surface area (Å²) >= 11 is 0. The number of carbonyl (C=O) groups excluding carboxylic acids is 2. The molecule has 3 amide bonds. The van der Waals surface area contributed by atoms with E-state index in [1.807, 2.05) is 0 Å². The maximum Gasteiger partial charge on any atom is 0.317 e. The summed E-state index contributed by atoms with van der Waals surface area (Å²) < 4.78 is 4.89. The number of likely N-dealkylation sites (tertiary alicyclic amines) is 1. The van der Waals surface area contributed by atoms with Crippen molar-refractivity contribution in [3.8, 4) is 0 Å². The molecule has 4 N–H and O–H groups in total. The number of nitrogens with two attached hydrogens (primary N) is 1. The Kier molecular flexibility index (Phi) is 6.07. The van der Waals surface area contributed by atoms with Crippen LogP contribution < -0.4 is 11.1 Å². The van der Waals surface area contributed by atoms with Crippen LogP contribution in [0.15, 0.2) is 0 Å². The summed E-state index contributed by atoms with van der Waals surface area (Å²) in [5.74, 6) is -1.93. The molecule has 0 spiro atoms. The molecule has 1 atom stereocenters. The molecule has 0 radical (unpaired) electrons. The number of carboxylic acids is 1. The van der Waals surface area contributed by atoms with E-state index in [1.165, 1.54) is 4.90 Å². The molecule has 8 heteroatoms. The van der Waals surface area contributed by atoms with Gasteiger partial charge in [-0.2, -0.15) is 0 Å². The molecule has 1 aliphatic rings. The molecule has 108 valence electrons. The van der Waals surface area contributed by atoms with E-state index in [2.05, 4.69) is 5.32 Å². The van der Waals surface area contributed by atoms with Crippen LogP contribution in [0.3, 0.4) is 0 Å². The second-order valence-corrected chi connectivity index (χ2v) is 4.37. The number of ether oxygens (including phenoxy) is 1. The second-order valence-electron chi connectivity index (χ2n) is 4.37. The number of piperidine rings is 1. The molecule has 1 unspecified atom stereocenters. The van der Waals surface area contributed by atoms with E-state index < -0.39 is 17.8 Å². The molecule has 1 rings (SSSR count). The van der Waals surface area contributed by atoms with E-state index in [4.69, 9.17) is 15.6 Å². The first-order valence-corrected chi connectivity index (χ1v) is 6.12. The van der Waals surface area contributed by atoms with Gasteiger partial charge in [0.05, 0.1) is 12.5 Å². The van der Waals surface area contributed by atoms with Crippen molar-refractivity contribution in [2.75, 3.05) is 32.8 Å². The number of carbonyl (C=O) groups is 3. The Balaban J connectivity index is 2.21. The van der Waals surface area contributed by atoms with Gasteiger partial charge in [0.1, 0.15) is 6.61 Å². The van der Waals surface area contributed by atoms with Crippen molar-refractivity contribution in [3.05, 3.63) is 0 Å². The topological polar surface area (TPSA) is 122 Å². The fraction of sp³-hybridized carbons (Fsp3) is 0.727. The van der Waals surface area contributed by atoms with E-state index in [1.54, 1.807) is 0 Å². The Bertz CT molecular complexity index is 347. The lowest BCUT2D eigenvalue weighted by Crippen LogP contribution is -2.47. The fourth-order valence-electron chi connectivity index (χ4n) is 1.88. The normalized spacial score (nSPS) is 18.9. The highest BCUT2D eigenvalue weighted by Crippen LogP contribution is 2.16. The number of carboxylic acid groups (broad SMARTS) is 1. The molecule has 0 saturated carbocycles. The monoisotopic (exact) mass is 273 g/mol. The zero-order chi connectivity index (χ0) is 14.3. The standard InChI is InChI=1S/C11H19N3O5/c12-9(15)7-19-5-3-13-11(18)14-4-1-2-8(6-14)10(16)17/h8H,1-7H2,(H2,12,15)(H,13,18)(H,16,17). The highest BCUT2D eigenvalue weighted by atomic mass is 16.5. The number of amides is 3. The van der Waals surface area contributed by atoms with Crippen LogP contribution >= 0.6 is 0 Å². The minimum Gasteiger partial charge on any atom is -0.481 e. The summed E-state index contributed by atoms with van der Waals surface area (Å²) in [6.45, 7) is 1.03. The van der Waals surface area contributed by atoms with Crippen LogP contribution in [0.4, 0.5) is 4.79 Å². The molecular formula is C11H19N3O5. The maximum atomic E-state index is 11.7. The predicted octanol–water partition coefficient (Wildman–Crippen LogP) is -1.01. The molecule has 0 bridgehead atoms. The van der Waals surface area contributed by atoms with Gasteiger partial charge in [-0.3, -0.25) is 9.59 Å². The number of primary amides is 1. The van der Waals surface area contributed by atoms with Crippen molar-refractivity contribution in [2.24, 2.45) is 11.7 Å². The van der Waals surface area contributed by atoms with Gasteiger partial charge in [-0.15, -0.1) is 0 Å². The highest BCUT2D eigenvalue weighted by molar-refractivity contribution is 5.76. The SMILES string of the molecule is NC(=O)COCCNC(=O)N1CCCC(C(=O)O)C1. The van der Waals surface area contributed by atoms with Gasteiger partial charge >= 0.3 is 12.0 Å². The lowest BCUT2D eigenvalue weighted by Gasteiger charge is -2.30. The lowest BCUT2D eigenvalue weighted by atomic mass is 9.99. The maximum absolute atomic E-state index is 11.7. The van der Waals surface area contributed by atoms with Crippen LogP contribution in [0.25, 0.3) is 0 Å². The van der Waals surface area contributed by atoms with Crippen LogP contribution in [0, 0.1) is 5.92 Å². The molecule has 0 aromatic rings. The third kappa shape index (κ3) is 5.56. The Morgan fingerprint density at radius 1 is 1.42 bits per heavy atom. The first kappa shape index (κ1) is 15.2. The zero-order valence-electron chi connectivity index (χ0n) is 10.6. The molecule has 8 nitrogen and oxygen atoms in total. The first-order chi connectivity index (χ1) is 9.00. The average molecular weight is 273 g/mol. The summed E-state index contributed by atoms with van der Waals surface area (Å²) in [5.41, 5.74) is 4.88. The second kappa shape index (κ2) is 7.57. The number of rotatable bonds is 6. The fourth-order valence-corrected chi connectivity index (χ4v) is 1.88.